The third-order valence-electron chi connectivity index (χ3n) is 4.85. The summed E-state index contributed by atoms with van der Waals surface area (Å²) in [7, 11) is -1.20. The molecule has 1 N–H and O–H groups in total. The van der Waals surface area contributed by atoms with Gasteiger partial charge < -0.3 is 18.9 Å². The summed E-state index contributed by atoms with van der Waals surface area (Å²) in [5, 5.41) is 0. The van der Waals surface area contributed by atoms with E-state index in [0.29, 0.717) is 19.1 Å². The van der Waals surface area contributed by atoms with Crippen LogP contribution < -0.4 is 9.47 Å². The molecule has 156 valence electrons. The van der Waals surface area contributed by atoms with E-state index in [1.807, 2.05) is 24.3 Å². The topological polar surface area (TPSA) is 47.9 Å². The predicted octanol–water partition coefficient (Wildman–Crippen LogP) is 5.47. The Morgan fingerprint density at radius 3 is 2.52 bits per heavy atom. The van der Waals surface area contributed by atoms with Crippen LogP contribution in [0.15, 0.2) is 48.5 Å². The second-order valence-electron chi connectivity index (χ2n) is 6.93. The van der Waals surface area contributed by atoms with Crippen LogP contribution in [0.4, 0.5) is 0 Å². The lowest BCUT2D eigenvalue weighted by Crippen LogP contribution is -2.03. The van der Waals surface area contributed by atoms with Crippen LogP contribution >= 0.6 is 7.34 Å². The Hall–Kier alpha value is -2.18. The van der Waals surface area contributed by atoms with Crippen LogP contribution in [-0.2, 0) is 10.9 Å². The highest BCUT2D eigenvalue weighted by molar-refractivity contribution is 7.68. The quantitative estimate of drug-likeness (QED) is 0.284. The van der Waals surface area contributed by atoms with Crippen molar-refractivity contribution in [2.75, 3.05) is 20.3 Å². The number of hydrogen-bond acceptors (Lipinski definition) is 4. The maximum absolute atomic E-state index is 9.69. The van der Waals surface area contributed by atoms with Gasteiger partial charge in [0.1, 0.15) is 11.5 Å². The van der Waals surface area contributed by atoms with Crippen molar-refractivity contribution in [2.45, 2.75) is 38.5 Å². The van der Waals surface area contributed by atoms with Gasteiger partial charge in [0.25, 0.3) is 0 Å². The summed E-state index contributed by atoms with van der Waals surface area (Å²) in [5.41, 5.74) is 4.80. The molecular weight excluding hydrogens is 383 g/mol. The molecule has 0 saturated heterocycles. The lowest BCUT2D eigenvalue weighted by Gasteiger charge is -2.17. The monoisotopic (exact) mass is 414 g/mol. The molecule has 2 rings (SSSR count). The fourth-order valence-electron chi connectivity index (χ4n) is 3.12. The van der Waals surface area contributed by atoms with Crippen molar-refractivity contribution in [3.05, 3.63) is 59.7 Å². The molecule has 5 heteroatoms. The summed E-state index contributed by atoms with van der Waals surface area (Å²) in [4.78, 5) is 9.69. The molecule has 0 radical (unpaired) electrons. The maximum atomic E-state index is 9.69. The van der Waals surface area contributed by atoms with Crippen LogP contribution in [0.3, 0.4) is 0 Å². The van der Waals surface area contributed by atoms with Crippen LogP contribution in [0.5, 0.6) is 11.5 Å². The number of rotatable bonds is 12. The first-order chi connectivity index (χ1) is 14.0. The number of methoxy groups -OCH3 is 1. The number of hydrogen-bond donors (Lipinski definition) is 1. The fraction of sp³-hybridized carbons (Fsp3) is 0.375. The Morgan fingerprint density at radius 1 is 1.14 bits per heavy atom. The van der Waals surface area contributed by atoms with E-state index < -0.39 is 7.34 Å². The van der Waals surface area contributed by atoms with Gasteiger partial charge in [-0.3, -0.25) is 0 Å². The molecule has 4 nitrogen and oxygen atoms in total. The molecule has 2 unspecified atom stereocenters. The maximum Gasteiger partial charge on any atom is 0.188 e. The van der Waals surface area contributed by atoms with Gasteiger partial charge in [-0.15, -0.1) is 6.42 Å². The van der Waals surface area contributed by atoms with Crippen LogP contribution in [0, 0.1) is 12.1 Å². The molecule has 0 saturated carbocycles. The molecule has 2 atom stereocenters. The molecule has 0 aliphatic heterocycles. The SMILES string of the molecule is C#CP(=C)(O)OCCCC(CC)c1ccc(CCOc2cccc(OC)c2)cc1. The largest absolute Gasteiger partial charge is 0.497 e. The number of terminal acetylenes is 1. The minimum absolute atomic E-state index is 0.439. The molecule has 2 aromatic rings. The van der Waals surface area contributed by atoms with Crippen molar-refractivity contribution in [3.8, 4) is 23.6 Å². The third-order valence-corrected chi connectivity index (χ3v) is 5.86. The zero-order valence-corrected chi connectivity index (χ0v) is 18.2. The minimum atomic E-state index is -2.85. The van der Waals surface area contributed by atoms with E-state index in [4.69, 9.17) is 20.4 Å². The van der Waals surface area contributed by atoms with Gasteiger partial charge in [-0.1, -0.05) is 37.3 Å². The highest BCUT2D eigenvalue weighted by Gasteiger charge is 2.11. The van der Waals surface area contributed by atoms with E-state index in [0.717, 1.165) is 37.2 Å². The van der Waals surface area contributed by atoms with Crippen molar-refractivity contribution in [2.24, 2.45) is 0 Å². The van der Waals surface area contributed by atoms with Gasteiger partial charge >= 0.3 is 0 Å². The Morgan fingerprint density at radius 2 is 1.86 bits per heavy atom. The van der Waals surface area contributed by atoms with Crippen LogP contribution in [0.1, 0.15) is 43.2 Å². The molecule has 0 fully saturated rings. The first-order valence-electron chi connectivity index (χ1n) is 9.91. The van der Waals surface area contributed by atoms with Crippen molar-refractivity contribution in [3.63, 3.8) is 0 Å². The van der Waals surface area contributed by atoms with Gasteiger partial charge in [0.15, 0.2) is 7.34 Å². The molecule has 0 heterocycles. The van der Waals surface area contributed by atoms with Gasteiger partial charge in [0.2, 0.25) is 0 Å². The van der Waals surface area contributed by atoms with E-state index in [1.54, 1.807) is 7.11 Å². The van der Waals surface area contributed by atoms with Crippen molar-refractivity contribution in [1.82, 2.24) is 0 Å². The fourth-order valence-corrected chi connectivity index (χ4v) is 3.63. The zero-order valence-electron chi connectivity index (χ0n) is 17.3. The van der Waals surface area contributed by atoms with Crippen molar-refractivity contribution in [1.29, 1.82) is 0 Å². The van der Waals surface area contributed by atoms with Crippen LogP contribution in [-0.4, -0.2) is 31.5 Å². The Bertz CT molecular complexity index is 839. The standard InChI is InChI=1S/C24H31O4P/c1-5-21(9-8-17-28-29(4,25)6-2)22-14-12-20(13-15-22)16-18-27-24-11-7-10-23(19-24)26-3/h2,7,10-15,19,21,25H,4-5,8-9,16-18H2,1,3H3. The van der Waals surface area contributed by atoms with Gasteiger partial charge in [-0.2, -0.15) is 0 Å². The van der Waals surface area contributed by atoms with Crippen molar-refractivity contribution < 1.29 is 18.9 Å². The molecule has 0 aromatic heterocycles. The minimum Gasteiger partial charge on any atom is -0.497 e. The van der Waals surface area contributed by atoms with E-state index in [9.17, 15) is 4.89 Å². The molecular formula is C24H31O4P. The predicted molar refractivity (Wildman–Crippen MR) is 122 cm³/mol. The summed E-state index contributed by atoms with van der Waals surface area (Å²) < 4.78 is 16.4. The Labute approximate surface area is 175 Å². The Balaban J connectivity index is 1.79. The average molecular weight is 414 g/mol. The van der Waals surface area contributed by atoms with E-state index in [2.05, 4.69) is 43.2 Å². The number of ether oxygens (including phenoxy) is 2. The zero-order chi connectivity index (χ0) is 21.1. The van der Waals surface area contributed by atoms with Crippen LogP contribution in [0.25, 0.3) is 0 Å². The average Bonchev–Trinajstić information content (AvgIpc) is 2.74. The summed E-state index contributed by atoms with van der Waals surface area (Å²) in [5.74, 6) is 2.07. The second-order valence-corrected chi connectivity index (χ2v) is 8.85. The van der Waals surface area contributed by atoms with E-state index >= 15 is 0 Å². The molecule has 29 heavy (non-hydrogen) atoms. The number of benzene rings is 2. The van der Waals surface area contributed by atoms with Crippen LogP contribution in [0.2, 0.25) is 0 Å². The Kier molecular flexibility index (Phi) is 9.35. The van der Waals surface area contributed by atoms with E-state index in [1.165, 1.54) is 11.1 Å². The first kappa shape index (κ1) is 23.1. The van der Waals surface area contributed by atoms with Gasteiger partial charge in [0, 0.05) is 12.5 Å². The first-order valence-corrected chi connectivity index (χ1v) is 11.8. The van der Waals surface area contributed by atoms with Crippen molar-refractivity contribution >= 4 is 13.6 Å². The third kappa shape index (κ3) is 7.99. The van der Waals surface area contributed by atoms with Gasteiger partial charge in [-0.05, 0) is 60.4 Å². The molecule has 2 aromatic carbocycles. The van der Waals surface area contributed by atoms with Gasteiger partial charge in [0.05, 0.1) is 20.3 Å². The highest BCUT2D eigenvalue weighted by atomic mass is 31.2. The molecule has 0 bridgehead atoms. The lowest BCUT2D eigenvalue weighted by molar-refractivity contribution is 0.299. The lowest BCUT2D eigenvalue weighted by atomic mass is 9.91. The normalized spacial score (nSPS) is 13.9. The molecule has 0 aliphatic rings. The summed E-state index contributed by atoms with van der Waals surface area (Å²) in [6.45, 7) is 3.25. The molecule has 0 amide bonds. The molecule has 0 aliphatic carbocycles. The molecule has 0 spiro atoms. The summed E-state index contributed by atoms with van der Waals surface area (Å²) >= 11 is 0. The second kappa shape index (κ2) is 11.7. The smallest absolute Gasteiger partial charge is 0.188 e. The summed E-state index contributed by atoms with van der Waals surface area (Å²) in [6, 6.07) is 16.4. The summed E-state index contributed by atoms with van der Waals surface area (Å²) in [6.07, 6.45) is 12.5. The van der Waals surface area contributed by atoms with E-state index in [-0.39, 0.29) is 0 Å². The van der Waals surface area contributed by atoms with Gasteiger partial charge in [-0.25, -0.2) is 0 Å². The highest BCUT2D eigenvalue weighted by Crippen LogP contribution is 2.39.